The van der Waals surface area contributed by atoms with Crippen LogP contribution in [0.1, 0.15) is 0 Å². The van der Waals surface area contributed by atoms with E-state index >= 15 is 0 Å². The maximum absolute atomic E-state index is 14.2. The summed E-state index contributed by atoms with van der Waals surface area (Å²) in [6.45, 7) is 5.87. The number of rotatable bonds is 3. The molecule has 0 N–H and O–H groups in total. The average molecular weight is 386 g/mol. The summed E-state index contributed by atoms with van der Waals surface area (Å²) in [5, 5.41) is 0.357. The second-order valence-corrected chi connectivity index (χ2v) is 6.57. The molecule has 0 bridgehead atoms. The summed E-state index contributed by atoms with van der Waals surface area (Å²) in [6, 6.07) is 8.24. The molecule has 0 radical (unpaired) electrons. The molecular formula is C19H17ClFN5O. The molecule has 1 saturated heterocycles. The average Bonchev–Trinajstić information content (AvgIpc) is 3.04. The summed E-state index contributed by atoms with van der Waals surface area (Å²) < 4.78 is 15.9. The lowest BCUT2D eigenvalue weighted by atomic mass is 10.1. The van der Waals surface area contributed by atoms with Crippen LogP contribution in [-0.2, 0) is 4.79 Å². The van der Waals surface area contributed by atoms with Crippen molar-refractivity contribution in [2.24, 2.45) is 0 Å². The number of hydrogen-bond donors (Lipinski definition) is 0. The summed E-state index contributed by atoms with van der Waals surface area (Å²) in [5.74, 6) is 0.197. The summed E-state index contributed by atoms with van der Waals surface area (Å²) in [4.78, 5) is 24.2. The molecule has 27 heavy (non-hydrogen) atoms. The Morgan fingerprint density at radius 3 is 2.59 bits per heavy atom. The Balaban J connectivity index is 1.72. The Labute approximate surface area is 160 Å². The monoisotopic (exact) mass is 385 g/mol. The lowest BCUT2D eigenvalue weighted by Crippen LogP contribution is -2.49. The van der Waals surface area contributed by atoms with Gasteiger partial charge in [-0.3, -0.25) is 9.20 Å². The third-order valence-corrected chi connectivity index (χ3v) is 5.07. The van der Waals surface area contributed by atoms with Crippen LogP contribution in [0.5, 0.6) is 0 Å². The van der Waals surface area contributed by atoms with Crippen molar-refractivity contribution in [3.63, 3.8) is 0 Å². The Morgan fingerprint density at radius 2 is 1.89 bits per heavy atom. The zero-order valence-electron chi connectivity index (χ0n) is 14.5. The Hall–Kier alpha value is -2.93. The topological polar surface area (TPSA) is 53.7 Å². The quantitative estimate of drug-likeness (QED) is 0.650. The SMILES string of the molecule is C=CC(=O)N1CCN(c2ncnc3cc(-c4ccccc4F)c(Cl)n23)CC1. The van der Waals surface area contributed by atoms with Crippen LogP contribution in [0.25, 0.3) is 16.8 Å². The van der Waals surface area contributed by atoms with Crippen molar-refractivity contribution in [1.29, 1.82) is 0 Å². The van der Waals surface area contributed by atoms with Crippen molar-refractivity contribution in [1.82, 2.24) is 19.3 Å². The molecule has 6 nitrogen and oxygen atoms in total. The van der Waals surface area contributed by atoms with E-state index in [-0.39, 0.29) is 11.7 Å². The van der Waals surface area contributed by atoms with Gasteiger partial charge >= 0.3 is 0 Å². The number of carbonyl (C=O) groups excluding carboxylic acids is 1. The van der Waals surface area contributed by atoms with Crippen LogP contribution in [0.2, 0.25) is 5.15 Å². The Morgan fingerprint density at radius 1 is 1.15 bits per heavy atom. The van der Waals surface area contributed by atoms with Gasteiger partial charge in [0.1, 0.15) is 22.9 Å². The smallest absolute Gasteiger partial charge is 0.246 e. The number of fused-ring (bicyclic) bond motifs is 1. The summed E-state index contributed by atoms with van der Waals surface area (Å²) in [6.07, 6.45) is 2.79. The fraction of sp³-hybridized carbons (Fsp3) is 0.211. The van der Waals surface area contributed by atoms with Crippen molar-refractivity contribution in [3.05, 3.63) is 60.3 Å². The molecule has 2 aromatic heterocycles. The van der Waals surface area contributed by atoms with Crippen LogP contribution in [-0.4, -0.2) is 51.4 Å². The van der Waals surface area contributed by atoms with Crippen molar-refractivity contribution in [2.45, 2.75) is 0 Å². The number of carbonyl (C=O) groups is 1. The number of nitrogens with zero attached hydrogens (tertiary/aromatic N) is 5. The first-order valence-electron chi connectivity index (χ1n) is 8.53. The third kappa shape index (κ3) is 3.04. The van der Waals surface area contributed by atoms with Crippen molar-refractivity contribution in [3.8, 4) is 11.1 Å². The molecule has 1 aromatic carbocycles. The van der Waals surface area contributed by atoms with Crippen molar-refractivity contribution < 1.29 is 9.18 Å². The maximum atomic E-state index is 14.2. The molecule has 1 amide bonds. The van der Waals surface area contributed by atoms with E-state index in [2.05, 4.69) is 16.5 Å². The van der Waals surface area contributed by atoms with E-state index in [9.17, 15) is 9.18 Å². The molecule has 0 unspecified atom stereocenters. The molecule has 0 spiro atoms. The predicted molar refractivity (Wildman–Crippen MR) is 102 cm³/mol. The molecule has 8 heteroatoms. The van der Waals surface area contributed by atoms with Gasteiger partial charge < -0.3 is 9.80 Å². The minimum atomic E-state index is -0.346. The van der Waals surface area contributed by atoms with Gasteiger partial charge in [0.05, 0.1) is 0 Å². The summed E-state index contributed by atoms with van der Waals surface area (Å²) in [7, 11) is 0. The predicted octanol–water partition coefficient (Wildman–Crippen LogP) is 3.02. The highest BCUT2D eigenvalue weighted by atomic mass is 35.5. The first-order chi connectivity index (χ1) is 13.1. The van der Waals surface area contributed by atoms with Gasteiger partial charge in [-0.1, -0.05) is 36.4 Å². The van der Waals surface area contributed by atoms with Gasteiger partial charge in [-0.2, -0.15) is 0 Å². The van der Waals surface area contributed by atoms with E-state index in [1.165, 1.54) is 18.5 Å². The standard InChI is InChI=1S/C19H17ClFN5O/c1-2-17(27)24-7-9-25(10-8-24)19-23-12-22-16-11-14(18(20)26(16)19)13-5-3-4-6-15(13)21/h2-6,11-12H,1,7-10H2. The van der Waals surface area contributed by atoms with Gasteiger partial charge in [0, 0.05) is 37.3 Å². The fourth-order valence-electron chi connectivity index (χ4n) is 3.30. The highest BCUT2D eigenvalue weighted by molar-refractivity contribution is 6.33. The van der Waals surface area contributed by atoms with Gasteiger partial charge in [0.25, 0.3) is 0 Å². The van der Waals surface area contributed by atoms with Crippen LogP contribution < -0.4 is 4.90 Å². The number of halogens is 2. The Kier molecular flexibility index (Phi) is 4.53. The van der Waals surface area contributed by atoms with Crippen LogP contribution in [0, 0.1) is 5.82 Å². The van der Waals surface area contributed by atoms with Gasteiger partial charge in [0.15, 0.2) is 0 Å². The normalized spacial score (nSPS) is 14.6. The van der Waals surface area contributed by atoms with Gasteiger partial charge in [-0.05, 0) is 18.2 Å². The van der Waals surface area contributed by atoms with Crippen LogP contribution in [0.4, 0.5) is 10.3 Å². The number of benzene rings is 1. The first kappa shape index (κ1) is 17.5. The van der Waals surface area contributed by atoms with Gasteiger partial charge in [-0.15, -0.1) is 0 Å². The molecule has 0 atom stereocenters. The van der Waals surface area contributed by atoms with E-state index in [4.69, 9.17) is 11.6 Å². The molecule has 138 valence electrons. The van der Waals surface area contributed by atoms with Crippen molar-refractivity contribution >= 4 is 29.1 Å². The number of anilines is 1. The highest BCUT2D eigenvalue weighted by Crippen LogP contribution is 2.34. The summed E-state index contributed by atoms with van der Waals surface area (Å²) in [5.41, 5.74) is 1.57. The van der Waals surface area contributed by atoms with E-state index in [0.717, 1.165) is 0 Å². The molecular weight excluding hydrogens is 369 g/mol. The molecule has 1 fully saturated rings. The van der Waals surface area contributed by atoms with E-state index in [0.29, 0.717) is 54.1 Å². The van der Waals surface area contributed by atoms with Crippen LogP contribution in [0.15, 0.2) is 49.3 Å². The largest absolute Gasteiger partial charge is 0.338 e. The molecule has 1 aliphatic heterocycles. The van der Waals surface area contributed by atoms with E-state index < -0.39 is 0 Å². The van der Waals surface area contributed by atoms with Gasteiger partial charge in [-0.25, -0.2) is 14.4 Å². The lowest BCUT2D eigenvalue weighted by Gasteiger charge is -2.34. The number of aromatic nitrogens is 3. The van der Waals surface area contributed by atoms with Crippen molar-refractivity contribution in [2.75, 3.05) is 31.1 Å². The fourth-order valence-corrected chi connectivity index (χ4v) is 3.62. The molecule has 3 heterocycles. The number of hydrogen-bond acceptors (Lipinski definition) is 4. The minimum absolute atomic E-state index is 0.0803. The third-order valence-electron chi connectivity index (χ3n) is 4.70. The van der Waals surface area contributed by atoms with E-state index in [1.807, 2.05) is 4.90 Å². The highest BCUT2D eigenvalue weighted by Gasteiger charge is 2.24. The van der Waals surface area contributed by atoms with E-state index in [1.54, 1.807) is 33.6 Å². The zero-order valence-corrected chi connectivity index (χ0v) is 15.2. The molecule has 0 saturated carbocycles. The second-order valence-electron chi connectivity index (χ2n) is 6.21. The zero-order chi connectivity index (χ0) is 19.0. The minimum Gasteiger partial charge on any atom is -0.338 e. The number of amides is 1. The summed E-state index contributed by atoms with van der Waals surface area (Å²) >= 11 is 6.60. The van der Waals surface area contributed by atoms with Crippen LogP contribution >= 0.6 is 11.6 Å². The van der Waals surface area contributed by atoms with Gasteiger partial charge in [0.2, 0.25) is 11.9 Å². The maximum Gasteiger partial charge on any atom is 0.246 e. The van der Waals surface area contributed by atoms with Crippen LogP contribution in [0.3, 0.4) is 0 Å². The number of piperazine rings is 1. The second kappa shape index (κ2) is 7.00. The molecule has 1 aliphatic rings. The Bertz CT molecular complexity index is 1030. The lowest BCUT2D eigenvalue weighted by molar-refractivity contribution is -0.126. The molecule has 0 aliphatic carbocycles. The molecule has 4 rings (SSSR count). The molecule has 3 aromatic rings. The first-order valence-corrected chi connectivity index (χ1v) is 8.91.